The summed E-state index contributed by atoms with van der Waals surface area (Å²) in [5.41, 5.74) is 0. The van der Waals surface area contributed by atoms with Crippen LogP contribution in [0.25, 0.3) is 0 Å². The molecular formula is C16H23ClN4O2S. The highest BCUT2D eigenvalue weighted by molar-refractivity contribution is 7.99. The molecule has 0 fully saturated rings. The van der Waals surface area contributed by atoms with Gasteiger partial charge in [-0.2, -0.15) is 0 Å². The van der Waals surface area contributed by atoms with E-state index in [0.717, 1.165) is 6.42 Å². The van der Waals surface area contributed by atoms with Gasteiger partial charge in [0.15, 0.2) is 5.16 Å². The summed E-state index contributed by atoms with van der Waals surface area (Å²) in [4.78, 5) is 22.4. The summed E-state index contributed by atoms with van der Waals surface area (Å²) in [7, 11) is 1.63. The van der Waals surface area contributed by atoms with Crippen molar-refractivity contribution in [1.29, 1.82) is 0 Å². The summed E-state index contributed by atoms with van der Waals surface area (Å²) in [6.07, 6.45) is 4.34. The number of halogens is 1. The van der Waals surface area contributed by atoms with Gasteiger partial charge in [0.2, 0.25) is 5.91 Å². The molecule has 8 heteroatoms. The van der Waals surface area contributed by atoms with E-state index in [0.29, 0.717) is 42.4 Å². The molecule has 0 saturated carbocycles. The Morgan fingerprint density at radius 1 is 1.42 bits per heavy atom. The first-order valence-corrected chi connectivity index (χ1v) is 8.86. The van der Waals surface area contributed by atoms with Crippen molar-refractivity contribution in [3.05, 3.63) is 36.5 Å². The summed E-state index contributed by atoms with van der Waals surface area (Å²) in [6, 6.07) is 1.68. The maximum Gasteiger partial charge on any atom is 0.230 e. The minimum Gasteiger partial charge on any atom is -0.385 e. The van der Waals surface area contributed by atoms with Crippen LogP contribution >= 0.6 is 23.4 Å². The molecule has 0 spiro atoms. The standard InChI is InChI=1S/C16H23ClN4O2S/c1-4-8-21(9-5-2)14-11-13(17)19-16(20-14)24-12-15(22)18-7-6-10-23-3/h4-5,11H,1-2,6-10,12H2,3H3,(H,18,22). The number of nitrogens with zero attached hydrogens (tertiary/aromatic N) is 3. The molecule has 0 aliphatic heterocycles. The van der Waals surface area contributed by atoms with E-state index in [4.69, 9.17) is 16.3 Å². The smallest absolute Gasteiger partial charge is 0.230 e. The number of rotatable bonds is 12. The molecule has 1 rings (SSSR count). The van der Waals surface area contributed by atoms with Crippen LogP contribution in [0, 0.1) is 0 Å². The van der Waals surface area contributed by atoms with Crippen LogP contribution in [0.2, 0.25) is 5.15 Å². The molecular weight excluding hydrogens is 348 g/mol. The van der Waals surface area contributed by atoms with Crippen molar-refractivity contribution < 1.29 is 9.53 Å². The van der Waals surface area contributed by atoms with Gasteiger partial charge in [-0.1, -0.05) is 35.5 Å². The van der Waals surface area contributed by atoms with Crippen LogP contribution in [-0.2, 0) is 9.53 Å². The highest BCUT2D eigenvalue weighted by Gasteiger charge is 2.11. The molecule has 0 unspecified atom stereocenters. The molecule has 24 heavy (non-hydrogen) atoms. The summed E-state index contributed by atoms with van der Waals surface area (Å²) in [5.74, 6) is 0.837. The summed E-state index contributed by atoms with van der Waals surface area (Å²) in [5, 5.41) is 3.61. The monoisotopic (exact) mass is 370 g/mol. The predicted octanol–water partition coefficient (Wildman–Crippen LogP) is 2.55. The number of anilines is 1. The average Bonchev–Trinajstić information content (AvgIpc) is 2.56. The van der Waals surface area contributed by atoms with Gasteiger partial charge in [-0.15, -0.1) is 13.2 Å². The molecule has 0 aliphatic rings. The van der Waals surface area contributed by atoms with Crippen molar-refractivity contribution in [2.24, 2.45) is 0 Å². The minimum absolute atomic E-state index is 0.0738. The molecule has 1 amide bonds. The van der Waals surface area contributed by atoms with Gasteiger partial charge in [-0.25, -0.2) is 9.97 Å². The van der Waals surface area contributed by atoms with E-state index in [-0.39, 0.29) is 11.7 Å². The van der Waals surface area contributed by atoms with Gasteiger partial charge in [-0.3, -0.25) is 4.79 Å². The van der Waals surface area contributed by atoms with E-state index in [1.54, 1.807) is 25.3 Å². The largest absolute Gasteiger partial charge is 0.385 e. The van der Waals surface area contributed by atoms with Crippen molar-refractivity contribution in [3.8, 4) is 0 Å². The van der Waals surface area contributed by atoms with Gasteiger partial charge in [0.25, 0.3) is 0 Å². The Kier molecular flexibility index (Phi) is 10.1. The molecule has 1 aromatic heterocycles. The molecule has 0 radical (unpaired) electrons. The van der Waals surface area contributed by atoms with Gasteiger partial charge in [-0.05, 0) is 6.42 Å². The molecule has 0 saturated heterocycles. The number of carbonyl (C=O) groups is 1. The number of hydrogen-bond acceptors (Lipinski definition) is 6. The van der Waals surface area contributed by atoms with Crippen LogP contribution in [0.3, 0.4) is 0 Å². The number of amides is 1. The van der Waals surface area contributed by atoms with Gasteiger partial charge >= 0.3 is 0 Å². The average molecular weight is 371 g/mol. The summed E-state index contributed by atoms with van der Waals surface area (Å²) in [6.45, 7) is 9.91. The predicted molar refractivity (Wildman–Crippen MR) is 99.9 cm³/mol. The second-order valence-corrected chi connectivity index (χ2v) is 6.13. The van der Waals surface area contributed by atoms with E-state index >= 15 is 0 Å². The Balaban J connectivity index is 2.63. The first kappa shape index (κ1) is 20.5. The van der Waals surface area contributed by atoms with E-state index in [1.165, 1.54) is 11.8 Å². The van der Waals surface area contributed by atoms with Crippen LogP contribution in [0.1, 0.15) is 6.42 Å². The fourth-order valence-electron chi connectivity index (χ4n) is 1.81. The number of aromatic nitrogens is 2. The number of methoxy groups -OCH3 is 1. The quantitative estimate of drug-likeness (QED) is 0.200. The van der Waals surface area contributed by atoms with Crippen LogP contribution < -0.4 is 10.2 Å². The van der Waals surface area contributed by atoms with Crippen molar-refractivity contribution >= 4 is 35.1 Å². The van der Waals surface area contributed by atoms with E-state index in [1.807, 2.05) is 4.90 Å². The minimum atomic E-state index is -0.0738. The lowest BCUT2D eigenvalue weighted by molar-refractivity contribution is -0.118. The fourth-order valence-corrected chi connectivity index (χ4v) is 2.72. The Hall–Kier alpha value is -1.57. The molecule has 132 valence electrons. The second kappa shape index (κ2) is 11.9. The van der Waals surface area contributed by atoms with Crippen LogP contribution in [0.4, 0.5) is 5.82 Å². The zero-order valence-electron chi connectivity index (χ0n) is 13.8. The topological polar surface area (TPSA) is 67.4 Å². The zero-order chi connectivity index (χ0) is 17.8. The van der Waals surface area contributed by atoms with Crippen molar-refractivity contribution in [1.82, 2.24) is 15.3 Å². The highest BCUT2D eigenvalue weighted by atomic mass is 35.5. The lowest BCUT2D eigenvalue weighted by atomic mass is 10.4. The van der Waals surface area contributed by atoms with Gasteiger partial charge < -0.3 is 15.0 Å². The van der Waals surface area contributed by atoms with Crippen LogP contribution in [0.5, 0.6) is 0 Å². The van der Waals surface area contributed by atoms with Gasteiger partial charge in [0.05, 0.1) is 5.75 Å². The number of hydrogen-bond donors (Lipinski definition) is 1. The number of thioether (sulfide) groups is 1. The highest BCUT2D eigenvalue weighted by Crippen LogP contribution is 2.21. The lowest BCUT2D eigenvalue weighted by Gasteiger charge is -2.20. The molecule has 1 heterocycles. The van der Waals surface area contributed by atoms with Crippen LogP contribution in [-0.4, -0.2) is 55.0 Å². The Bertz CT molecular complexity index is 547. The van der Waals surface area contributed by atoms with Gasteiger partial charge in [0.1, 0.15) is 11.0 Å². The van der Waals surface area contributed by atoms with Crippen molar-refractivity contribution in [2.45, 2.75) is 11.6 Å². The molecule has 1 aromatic rings. The van der Waals surface area contributed by atoms with E-state index in [9.17, 15) is 4.79 Å². The molecule has 0 atom stereocenters. The third kappa shape index (κ3) is 7.81. The third-order valence-corrected chi connectivity index (χ3v) is 3.90. The van der Waals surface area contributed by atoms with E-state index < -0.39 is 0 Å². The molecule has 1 N–H and O–H groups in total. The fraction of sp³-hybridized carbons (Fsp3) is 0.438. The maximum atomic E-state index is 11.8. The molecule has 6 nitrogen and oxygen atoms in total. The lowest BCUT2D eigenvalue weighted by Crippen LogP contribution is -2.27. The number of ether oxygens (including phenoxy) is 1. The van der Waals surface area contributed by atoms with Crippen LogP contribution in [0.15, 0.2) is 36.5 Å². The second-order valence-electron chi connectivity index (χ2n) is 4.80. The first-order valence-electron chi connectivity index (χ1n) is 7.50. The van der Waals surface area contributed by atoms with Gasteiger partial charge in [0, 0.05) is 39.4 Å². The molecule has 0 aliphatic carbocycles. The number of nitrogens with one attached hydrogen (secondary N) is 1. The third-order valence-electron chi connectivity index (χ3n) is 2.86. The Labute approximate surface area is 152 Å². The normalized spacial score (nSPS) is 10.2. The molecule has 0 bridgehead atoms. The Morgan fingerprint density at radius 3 is 2.75 bits per heavy atom. The molecule has 0 aromatic carbocycles. The summed E-state index contributed by atoms with van der Waals surface area (Å²) >= 11 is 7.32. The zero-order valence-corrected chi connectivity index (χ0v) is 15.4. The Morgan fingerprint density at radius 2 is 2.12 bits per heavy atom. The van der Waals surface area contributed by atoms with E-state index in [2.05, 4.69) is 28.4 Å². The summed E-state index contributed by atoms with van der Waals surface area (Å²) < 4.78 is 4.93. The van der Waals surface area contributed by atoms with Crippen molar-refractivity contribution in [2.75, 3.05) is 44.0 Å². The maximum absolute atomic E-state index is 11.8. The van der Waals surface area contributed by atoms with Crippen molar-refractivity contribution in [3.63, 3.8) is 0 Å². The number of carbonyl (C=O) groups excluding carboxylic acids is 1. The first-order chi connectivity index (χ1) is 11.6. The SMILES string of the molecule is C=CCN(CC=C)c1cc(Cl)nc(SCC(=O)NCCCOC)n1.